The highest BCUT2D eigenvalue weighted by molar-refractivity contribution is 6.34. The van der Waals surface area contributed by atoms with E-state index in [1.807, 2.05) is 25.1 Å². The lowest BCUT2D eigenvalue weighted by atomic mass is 10.2. The molecule has 3 rings (SSSR count). The molecule has 3 aromatic rings. The Labute approximate surface area is 167 Å². The third-order valence-electron chi connectivity index (χ3n) is 3.90. The maximum Gasteiger partial charge on any atom is 0.349 e. The average Bonchev–Trinajstić information content (AvgIpc) is 2.69. The zero-order valence-electron chi connectivity index (χ0n) is 15.1. The van der Waals surface area contributed by atoms with E-state index in [-0.39, 0.29) is 12.5 Å². The Morgan fingerprint density at radius 2 is 1.61 bits per heavy atom. The summed E-state index contributed by atoms with van der Waals surface area (Å²) in [6, 6.07) is 20.7. The largest absolute Gasteiger partial charge is 0.482 e. The summed E-state index contributed by atoms with van der Waals surface area (Å²) in [5, 5.41) is 3.12. The minimum Gasteiger partial charge on any atom is -0.482 e. The topological polar surface area (TPSA) is 64.6 Å². The predicted molar refractivity (Wildman–Crippen MR) is 108 cm³/mol. The normalized spacial score (nSPS) is 10.2. The van der Waals surface area contributed by atoms with E-state index in [0.29, 0.717) is 27.8 Å². The lowest BCUT2D eigenvalue weighted by Crippen LogP contribution is -2.18. The van der Waals surface area contributed by atoms with Gasteiger partial charge >= 0.3 is 5.97 Å². The number of nitrogens with one attached hydrogen (secondary N) is 1. The van der Waals surface area contributed by atoms with Crippen molar-refractivity contribution in [2.45, 2.75) is 6.92 Å². The van der Waals surface area contributed by atoms with E-state index >= 15 is 0 Å². The van der Waals surface area contributed by atoms with Crippen LogP contribution in [0.5, 0.6) is 11.5 Å². The van der Waals surface area contributed by atoms with Gasteiger partial charge in [-0.15, -0.1) is 0 Å². The predicted octanol–water partition coefficient (Wildman–Crippen LogP) is 4.89. The van der Waals surface area contributed by atoms with Crippen LogP contribution in [0, 0.1) is 6.92 Å². The molecule has 1 amide bonds. The van der Waals surface area contributed by atoms with Crippen LogP contribution in [0.3, 0.4) is 0 Å². The summed E-state index contributed by atoms with van der Waals surface area (Å²) in [5.74, 6) is 0.157. The Morgan fingerprint density at radius 3 is 2.32 bits per heavy atom. The molecule has 0 aromatic heterocycles. The van der Waals surface area contributed by atoms with Crippen LogP contribution in [0.25, 0.3) is 0 Å². The lowest BCUT2D eigenvalue weighted by molar-refractivity contribution is -0.136. The SMILES string of the molecule is Cc1ccccc1OCC(=O)Oc1ccc(NC(=O)c2ccccc2Cl)cc1. The van der Waals surface area contributed by atoms with Crippen LogP contribution in [0.1, 0.15) is 15.9 Å². The molecule has 0 spiro atoms. The number of hydrogen-bond donors (Lipinski definition) is 1. The number of hydrogen-bond acceptors (Lipinski definition) is 4. The van der Waals surface area contributed by atoms with Crippen LogP contribution < -0.4 is 14.8 Å². The third kappa shape index (κ3) is 5.11. The first-order valence-electron chi connectivity index (χ1n) is 8.58. The van der Waals surface area contributed by atoms with Crippen molar-refractivity contribution in [3.05, 3.63) is 88.9 Å². The number of aryl methyl sites for hydroxylation is 1. The molecular formula is C22H18ClNO4. The fraction of sp³-hybridized carbons (Fsp3) is 0.0909. The van der Waals surface area contributed by atoms with Gasteiger partial charge in [0.15, 0.2) is 6.61 Å². The van der Waals surface area contributed by atoms with Crippen molar-refractivity contribution in [3.63, 3.8) is 0 Å². The van der Waals surface area contributed by atoms with Gasteiger partial charge in [0.1, 0.15) is 11.5 Å². The molecule has 0 aliphatic heterocycles. The summed E-state index contributed by atoms with van der Waals surface area (Å²) in [6.07, 6.45) is 0. The first-order valence-corrected chi connectivity index (χ1v) is 8.96. The fourth-order valence-corrected chi connectivity index (χ4v) is 2.69. The second-order valence-corrected chi connectivity index (χ2v) is 6.39. The number of carbonyl (C=O) groups is 2. The van der Waals surface area contributed by atoms with Gasteiger partial charge in [0.25, 0.3) is 5.91 Å². The summed E-state index contributed by atoms with van der Waals surface area (Å²) in [7, 11) is 0. The molecule has 5 nitrogen and oxygen atoms in total. The molecule has 28 heavy (non-hydrogen) atoms. The molecule has 0 saturated heterocycles. The first kappa shape index (κ1) is 19.5. The quantitative estimate of drug-likeness (QED) is 0.477. The molecular weight excluding hydrogens is 378 g/mol. The van der Waals surface area contributed by atoms with Gasteiger partial charge in [0, 0.05) is 5.69 Å². The van der Waals surface area contributed by atoms with Crippen LogP contribution in [-0.2, 0) is 4.79 Å². The Kier molecular flexibility index (Phi) is 6.29. The van der Waals surface area contributed by atoms with E-state index < -0.39 is 5.97 Å². The van der Waals surface area contributed by atoms with Crippen LogP contribution >= 0.6 is 11.6 Å². The number of amides is 1. The molecule has 0 heterocycles. The third-order valence-corrected chi connectivity index (χ3v) is 4.23. The molecule has 0 aliphatic rings. The molecule has 1 N–H and O–H groups in total. The van der Waals surface area contributed by atoms with E-state index in [4.69, 9.17) is 21.1 Å². The monoisotopic (exact) mass is 395 g/mol. The van der Waals surface area contributed by atoms with Crippen LogP contribution in [0.15, 0.2) is 72.8 Å². The van der Waals surface area contributed by atoms with Gasteiger partial charge in [-0.2, -0.15) is 0 Å². The molecule has 0 fully saturated rings. The zero-order chi connectivity index (χ0) is 19.9. The summed E-state index contributed by atoms with van der Waals surface area (Å²) < 4.78 is 10.7. The number of carbonyl (C=O) groups excluding carboxylic acids is 2. The van der Waals surface area contributed by atoms with Crippen molar-refractivity contribution >= 4 is 29.2 Å². The summed E-state index contributed by atoms with van der Waals surface area (Å²) in [6.45, 7) is 1.70. The van der Waals surface area contributed by atoms with E-state index in [0.717, 1.165) is 5.56 Å². The van der Waals surface area contributed by atoms with E-state index in [1.165, 1.54) is 0 Å². The van der Waals surface area contributed by atoms with Gasteiger partial charge < -0.3 is 14.8 Å². The van der Waals surface area contributed by atoms with Crippen molar-refractivity contribution in [2.75, 3.05) is 11.9 Å². The Hall–Kier alpha value is -3.31. The maximum absolute atomic E-state index is 12.2. The second-order valence-electron chi connectivity index (χ2n) is 5.99. The van der Waals surface area contributed by atoms with Gasteiger partial charge in [-0.3, -0.25) is 4.79 Å². The second kappa shape index (κ2) is 9.06. The zero-order valence-corrected chi connectivity index (χ0v) is 15.9. The number of benzene rings is 3. The maximum atomic E-state index is 12.2. The molecule has 0 aliphatic carbocycles. The standard InChI is InChI=1S/C22H18ClNO4/c1-15-6-2-5-9-20(15)27-14-21(25)28-17-12-10-16(11-13-17)24-22(26)18-7-3-4-8-19(18)23/h2-13H,14H2,1H3,(H,24,26). The van der Waals surface area contributed by atoms with E-state index in [1.54, 1.807) is 54.6 Å². The number of rotatable bonds is 6. The van der Waals surface area contributed by atoms with Crippen LogP contribution in [0.4, 0.5) is 5.69 Å². The molecule has 0 atom stereocenters. The van der Waals surface area contributed by atoms with Gasteiger partial charge in [0.05, 0.1) is 10.6 Å². The van der Waals surface area contributed by atoms with Crippen molar-refractivity contribution in [1.82, 2.24) is 0 Å². The number of esters is 1. The Morgan fingerprint density at radius 1 is 0.929 bits per heavy atom. The molecule has 0 bridgehead atoms. The van der Waals surface area contributed by atoms with E-state index in [2.05, 4.69) is 5.32 Å². The highest BCUT2D eigenvalue weighted by atomic mass is 35.5. The number of halogens is 1. The molecule has 142 valence electrons. The minimum absolute atomic E-state index is 0.199. The number of para-hydroxylation sites is 1. The number of anilines is 1. The van der Waals surface area contributed by atoms with Gasteiger partial charge in [-0.05, 0) is 55.0 Å². The van der Waals surface area contributed by atoms with Crippen molar-refractivity contribution in [2.24, 2.45) is 0 Å². The Bertz CT molecular complexity index is 986. The lowest BCUT2D eigenvalue weighted by Gasteiger charge is -2.10. The van der Waals surface area contributed by atoms with Crippen molar-refractivity contribution < 1.29 is 19.1 Å². The number of ether oxygens (including phenoxy) is 2. The molecule has 0 radical (unpaired) electrons. The summed E-state index contributed by atoms with van der Waals surface area (Å²) in [4.78, 5) is 24.2. The van der Waals surface area contributed by atoms with E-state index in [9.17, 15) is 9.59 Å². The molecule has 0 unspecified atom stereocenters. The van der Waals surface area contributed by atoms with Crippen LogP contribution in [-0.4, -0.2) is 18.5 Å². The molecule has 0 saturated carbocycles. The molecule has 6 heteroatoms. The highest BCUT2D eigenvalue weighted by Gasteiger charge is 2.11. The average molecular weight is 396 g/mol. The minimum atomic E-state index is -0.517. The molecule has 3 aromatic carbocycles. The van der Waals surface area contributed by atoms with Crippen molar-refractivity contribution in [3.8, 4) is 11.5 Å². The smallest absolute Gasteiger partial charge is 0.349 e. The summed E-state index contributed by atoms with van der Waals surface area (Å²) >= 11 is 6.02. The first-order chi connectivity index (χ1) is 13.5. The van der Waals surface area contributed by atoms with Crippen molar-refractivity contribution in [1.29, 1.82) is 0 Å². The van der Waals surface area contributed by atoms with Crippen LogP contribution in [0.2, 0.25) is 5.02 Å². The van der Waals surface area contributed by atoms with Gasteiger partial charge in [-0.1, -0.05) is 41.9 Å². The fourth-order valence-electron chi connectivity index (χ4n) is 2.47. The van der Waals surface area contributed by atoms with Gasteiger partial charge in [-0.25, -0.2) is 4.79 Å². The Balaban J connectivity index is 1.54. The van der Waals surface area contributed by atoms with Gasteiger partial charge in [0.2, 0.25) is 0 Å². The summed E-state index contributed by atoms with van der Waals surface area (Å²) in [5.41, 5.74) is 1.88. The highest BCUT2D eigenvalue weighted by Crippen LogP contribution is 2.20.